The van der Waals surface area contributed by atoms with Crippen LogP contribution in [0, 0.1) is 5.92 Å². The molecule has 0 heterocycles. The van der Waals surface area contributed by atoms with Crippen LogP contribution in [-0.2, 0) is 6.42 Å². The van der Waals surface area contributed by atoms with E-state index in [-0.39, 0.29) is 0 Å². The Labute approximate surface area is 100 Å². The maximum Gasteiger partial charge on any atom is 0.00638 e. The zero-order valence-corrected chi connectivity index (χ0v) is 10.9. The molecule has 0 amide bonds. The van der Waals surface area contributed by atoms with Crippen LogP contribution in [0.3, 0.4) is 0 Å². The zero-order chi connectivity index (χ0) is 11.8. The highest BCUT2D eigenvalue weighted by Gasteiger charge is 2.12. The van der Waals surface area contributed by atoms with Gasteiger partial charge in [-0.2, -0.15) is 0 Å². The summed E-state index contributed by atoms with van der Waals surface area (Å²) in [4.78, 5) is 0. The van der Waals surface area contributed by atoms with E-state index >= 15 is 0 Å². The minimum atomic E-state index is 0.640. The van der Waals surface area contributed by atoms with Crippen molar-refractivity contribution in [2.45, 2.75) is 45.6 Å². The SMILES string of the molecule is CCC(CCCc1ccccc1)C(C)NC. The van der Waals surface area contributed by atoms with E-state index in [0.717, 1.165) is 5.92 Å². The fourth-order valence-corrected chi connectivity index (χ4v) is 2.26. The van der Waals surface area contributed by atoms with Crippen LogP contribution < -0.4 is 5.32 Å². The number of nitrogens with one attached hydrogen (secondary N) is 1. The summed E-state index contributed by atoms with van der Waals surface area (Å²) in [6.45, 7) is 4.58. The van der Waals surface area contributed by atoms with Crippen LogP contribution in [0.25, 0.3) is 0 Å². The first-order chi connectivity index (χ1) is 7.77. The highest BCUT2D eigenvalue weighted by Crippen LogP contribution is 2.17. The third-order valence-corrected chi connectivity index (χ3v) is 3.57. The number of aryl methyl sites for hydroxylation is 1. The lowest BCUT2D eigenvalue weighted by molar-refractivity contribution is 0.353. The van der Waals surface area contributed by atoms with E-state index < -0.39 is 0 Å². The van der Waals surface area contributed by atoms with Gasteiger partial charge >= 0.3 is 0 Å². The van der Waals surface area contributed by atoms with Crippen molar-refractivity contribution in [2.75, 3.05) is 7.05 Å². The van der Waals surface area contributed by atoms with Gasteiger partial charge in [0.25, 0.3) is 0 Å². The summed E-state index contributed by atoms with van der Waals surface area (Å²) >= 11 is 0. The van der Waals surface area contributed by atoms with Crippen LogP contribution in [0.2, 0.25) is 0 Å². The average Bonchev–Trinajstić information content (AvgIpc) is 2.35. The maximum absolute atomic E-state index is 3.36. The third kappa shape index (κ3) is 4.36. The van der Waals surface area contributed by atoms with Crippen molar-refractivity contribution in [3.8, 4) is 0 Å². The van der Waals surface area contributed by atoms with Crippen molar-refractivity contribution in [3.05, 3.63) is 35.9 Å². The summed E-state index contributed by atoms with van der Waals surface area (Å²) < 4.78 is 0. The van der Waals surface area contributed by atoms with E-state index in [1.54, 1.807) is 0 Å². The molecule has 1 rings (SSSR count). The Balaban J connectivity index is 2.28. The molecule has 1 nitrogen and oxygen atoms in total. The smallest absolute Gasteiger partial charge is 0.00638 e. The standard InChI is InChI=1S/C15H25N/c1-4-15(13(2)16-3)12-8-11-14-9-6-5-7-10-14/h5-7,9-10,13,15-16H,4,8,11-12H2,1-3H3. The molecule has 0 aliphatic rings. The van der Waals surface area contributed by atoms with Crippen molar-refractivity contribution in [1.82, 2.24) is 5.32 Å². The second kappa shape index (κ2) is 7.45. The number of hydrogen-bond acceptors (Lipinski definition) is 1. The van der Waals surface area contributed by atoms with Gasteiger partial charge < -0.3 is 5.32 Å². The van der Waals surface area contributed by atoms with E-state index in [0.29, 0.717) is 6.04 Å². The molecule has 16 heavy (non-hydrogen) atoms. The topological polar surface area (TPSA) is 12.0 Å². The fourth-order valence-electron chi connectivity index (χ4n) is 2.26. The van der Waals surface area contributed by atoms with Gasteiger partial charge in [0, 0.05) is 6.04 Å². The van der Waals surface area contributed by atoms with Gasteiger partial charge in [-0.1, -0.05) is 43.7 Å². The molecule has 90 valence electrons. The van der Waals surface area contributed by atoms with Crippen LogP contribution in [-0.4, -0.2) is 13.1 Å². The maximum atomic E-state index is 3.36. The van der Waals surface area contributed by atoms with Gasteiger partial charge in [0.2, 0.25) is 0 Å². The van der Waals surface area contributed by atoms with Crippen molar-refractivity contribution in [1.29, 1.82) is 0 Å². The molecule has 1 N–H and O–H groups in total. The Morgan fingerprint density at radius 1 is 1.19 bits per heavy atom. The predicted molar refractivity (Wildman–Crippen MR) is 71.7 cm³/mol. The second-order valence-corrected chi connectivity index (χ2v) is 4.62. The molecular formula is C15H25N. The van der Waals surface area contributed by atoms with Crippen molar-refractivity contribution in [2.24, 2.45) is 5.92 Å². The van der Waals surface area contributed by atoms with Crippen molar-refractivity contribution < 1.29 is 0 Å². The molecule has 0 saturated carbocycles. The Bertz CT molecular complexity index is 268. The van der Waals surface area contributed by atoms with Crippen LogP contribution in [0.1, 0.15) is 38.7 Å². The third-order valence-electron chi connectivity index (χ3n) is 3.57. The minimum Gasteiger partial charge on any atom is -0.317 e. The van der Waals surface area contributed by atoms with Gasteiger partial charge in [0.1, 0.15) is 0 Å². The largest absolute Gasteiger partial charge is 0.317 e. The first-order valence-electron chi connectivity index (χ1n) is 6.49. The van der Waals surface area contributed by atoms with E-state index in [1.807, 2.05) is 0 Å². The summed E-state index contributed by atoms with van der Waals surface area (Å²) in [6.07, 6.45) is 5.12. The van der Waals surface area contributed by atoms with Crippen LogP contribution in [0.5, 0.6) is 0 Å². The van der Waals surface area contributed by atoms with Gasteiger partial charge in [-0.05, 0) is 44.7 Å². The first-order valence-corrected chi connectivity index (χ1v) is 6.49. The molecule has 1 heteroatoms. The molecule has 0 bridgehead atoms. The van der Waals surface area contributed by atoms with E-state index in [9.17, 15) is 0 Å². The van der Waals surface area contributed by atoms with Crippen LogP contribution in [0.4, 0.5) is 0 Å². The molecule has 0 fully saturated rings. The lowest BCUT2D eigenvalue weighted by atomic mass is 9.91. The lowest BCUT2D eigenvalue weighted by Gasteiger charge is -2.22. The fraction of sp³-hybridized carbons (Fsp3) is 0.600. The van der Waals surface area contributed by atoms with Crippen molar-refractivity contribution in [3.63, 3.8) is 0 Å². The van der Waals surface area contributed by atoms with Crippen molar-refractivity contribution >= 4 is 0 Å². The highest BCUT2D eigenvalue weighted by molar-refractivity contribution is 5.14. The van der Waals surface area contributed by atoms with E-state index in [1.165, 1.54) is 31.2 Å². The van der Waals surface area contributed by atoms with Gasteiger partial charge in [-0.15, -0.1) is 0 Å². The Hall–Kier alpha value is -0.820. The van der Waals surface area contributed by atoms with Crippen LogP contribution in [0.15, 0.2) is 30.3 Å². The molecule has 0 aromatic heterocycles. The number of hydrogen-bond donors (Lipinski definition) is 1. The molecule has 0 aliphatic carbocycles. The Morgan fingerprint density at radius 3 is 2.44 bits per heavy atom. The number of benzene rings is 1. The molecule has 2 atom stereocenters. The van der Waals surface area contributed by atoms with Gasteiger partial charge in [-0.3, -0.25) is 0 Å². The highest BCUT2D eigenvalue weighted by atomic mass is 14.9. The summed E-state index contributed by atoms with van der Waals surface area (Å²) in [5, 5.41) is 3.36. The van der Waals surface area contributed by atoms with Crippen LogP contribution >= 0.6 is 0 Å². The van der Waals surface area contributed by atoms with E-state index in [4.69, 9.17) is 0 Å². The summed E-state index contributed by atoms with van der Waals surface area (Å²) in [5.74, 6) is 0.814. The monoisotopic (exact) mass is 219 g/mol. The molecule has 2 unspecified atom stereocenters. The molecule has 1 aromatic carbocycles. The summed E-state index contributed by atoms with van der Waals surface area (Å²) in [7, 11) is 2.06. The summed E-state index contributed by atoms with van der Waals surface area (Å²) in [6, 6.07) is 11.4. The molecular weight excluding hydrogens is 194 g/mol. The van der Waals surface area contributed by atoms with E-state index in [2.05, 4.69) is 56.5 Å². The zero-order valence-electron chi connectivity index (χ0n) is 10.9. The quantitative estimate of drug-likeness (QED) is 0.738. The summed E-state index contributed by atoms with van der Waals surface area (Å²) in [5.41, 5.74) is 1.47. The molecule has 1 aromatic rings. The molecule has 0 spiro atoms. The average molecular weight is 219 g/mol. The minimum absolute atomic E-state index is 0.640. The Morgan fingerprint density at radius 2 is 1.88 bits per heavy atom. The second-order valence-electron chi connectivity index (χ2n) is 4.62. The lowest BCUT2D eigenvalue weighted by Crippen LogP contribution is -2.30. The van der Waals surface area contributed by atoms with Gasteiger partial charge in [0.15, 0.2) is 0 Å². The Kier molecular flexibility index (Phi) is 6.17. The van der Waals surface area contributed by atoms with Gasteiger partial charge in [0.05, 0.1) is 0 Å². The number of rotatable bonds is 7. The predicted octanol–water partition coefficient (Wildman–Crippen LogP) is 3.64. The normalized spacial score (nSPS) is 14.7. The first kappa shape index (κ1) is 13.2. The molecule has 0 radical (unpaired) electrons. The molecule has 0 saturated heterocycles. The van der Waals surface area contributed by atoms with Gasteiger partial charge in [-0.25, -0.2) is 0 Å². The molecule has 0 aliphatic heterocycles.